The zero-order chi connectivity index (χ0) is 25.3. The van der Waals surface area contributed by atoms with Crippen LogP contribution in [0, 0.1) is 5.92 Å². The molecular formula is C24H25N5O6. The Morgan fingerprint density at radius 1 is 1.11 bits per heavy atom. The minimum Gasteiger partial charge on any atom is -0.483 e. The number of piperidine rings is 1. The summed E-state index contributed by atoms with van der Waals surface area (Å²) in [5, 5.41) is 6.89. The van der Waals surface area contributed by atoms with Gasteiger partial charge in [-0.2, -0.15) is 0 Å². The van der Waals surface area contributed by atoms with Crippen molar-refractivity contribution in [1.29, 1.82) is 0 Å². The fourth-order valence-electron chi connectivity index (χ4n) is 5.03. The molecule has 3 aromatic rings. The van der Waals surface area contributed by atoms with Crippen LogP contribution < -0.4 is 11.1 Å². The summed E-state index contributed by atoms with van der Waals surface area (Å²) in [5.41, 5.74) is 0.576. The summed E-state index contributed by atoms with van der Waals surface area (Å²) in [6, 6.07) is 9.50. The van der Waals surface area contributed by atoms with E-state index < -0.39 is 17.5 Å². The van der Waals surface area contributed by atoms with E-state index in [0.717, 1.165) is 5.69 Å². The van der Waals surface area contributed by atoms with E-state index in [-0.39, 0.29) is 41.9 Å². The topological polar surface area (TPSA) is 134 Å². The minimum absolute atomic E-state index is 0.00499. The van der Waals surface area contributed by atoms with Crippen LogP contribution in [-0.2, 0) is 9.59 Å². The van der Waals surface area contributed by atoms with Gasteiger partial charge in [0.05, 0.1) is 0 Å². The molecule has 2 aliphatic heterocycles. The summed E-state index contributed by atoms with van der Waals surface area (Å²) >= 11 is 0. The largest absolute Gasteiger partial charge is 0.483 e. The second-order valence-electron chi connectivity index (χ2n) is 8.75. The van der Waals surface area contributed by atoms with Crippen LogP contribution in [0.2, 0.25) is 0 Å². The van der Waals surface area contributed by atoms with Gasteiger partial charge in [0.2, 0.25) is 5.91 Å². The van der Waals surface area contributed by atoms with Gasteiger partial charge in [-0.1, -0.05) is 12.1 Å². The van der Waals surface area contributed by atoms with Crippen molar-refractivity contribution >= 4 is 23.9 Å². The van der Waals surface area contributed by atoms with Gasteiger partial charge in [0, 0.05) is 63.2 Å². The van der Waals surface area contributed by atoms with Crippen molar-refractivity contribution in [3.63, 3.8) is 0 Å². The monoisotopic (exact) mass is 479 g/mol. The van der Waals surface area contributed by atoms with E-state index in [9.17, 15) is 19.2 Å². The van der Waals surface area contributed by atoms with Gasteiger partial charge in [-0.05, 0) is 24.6 Å². The molecule has 182 valence electrons. The molecule has 1 saturated heterocycles. The molecule has 2 aliphatic rings. The van der Waals surface area contributed by atoms with Crippen LogP contribution in [-0.4, -0.2) is 74.3 Å². The summed E-state index contributed by atoms with van der Waals surface area (Å²) < 4.78 is 2.95. The zero-order valence-corrected chi connectivity index (χ0v) is 19.3. The van der Waals surface area contributed by atoms with E-state index >= 15 is 0 Å². The van der Waals surface area contributed by atoms with Crippen molar-refractivity contribution in [3.8, 4) is 0 Å². The molecule has 0 spiro atoms. The molecule has 1 N–H and O–H groups in total. The van der Waals surface area contributed by atoms with E-state index in [1.807, 2.05) is 6.07 Å². The van der Waals surface area contributed by atoms with E-state index in [4.69, 9.17) is 9.90 Å². The predicted molar refractivity (Wildman–Crippen MR) is 125 cm³/mol. The van der Waals surface area contributed by atoms with Crippen LogP contribution in [0.25, 0.3) is 5.65 Å². The number of pyridine rings is 2. The van der Waals surface area contributed by atoms with Crippen molar-refractivity contribution in [2.24, 2.45) is 5.92 Å². The van der Waals surface area contributed by atoms with Crippen LogP contribution in [0.4, 0.5) is 0 Å². The van der Waals surface area contributed by atoms with E-state index in [1.54, 1.807) is 54.0 Å². The Balaban J connectivity index is 0.000000917. The molecule has 2 bridgehead atoms. The van der Waals surface area contributed by atoms with Crippen LogP contribution in [0.5, 0.6) is 0 Å². The third kappa shape index (κ3) is 4.20. The van der Waals surface area contributed by atoms with Gasteiger partial charge in [-0.15, -0.1) is 0 Å². The molecule has 3 aromatic heterocycles. The van der Waals surface area contributed by atoms with Crippen molar-refractivity contribution in [2.75, 3.05) is 27.2 Å². The maximum absolute atomic E-state index is 13.4. The number of rotatable bonds is 2. The standard InChI is InChI=1S/C23H23N5O4.CH2O2/c1-25(2)23(32)20-15-10-14(17-6-5-8-19(29)28(17)20)12-26(13-15)21(30)16-11-24-18-7-3-4-9-27(18)22(16)31;2-1-3/h3-9,11,14-15,20H,10,12-13H2,1-2H3;1H,(H,2,3)/t14-,15+,20-;/m1./s1. The quantitative estimate of drug-likeness (QED) is 0.527. The zero-order valence-electron chi connectivity index (χ0n) is 19.3. The number of carbonyl (C=O) groups is 3. The lowest BCUT2D eigenvalue weighted by Crippen LogP contribution is -2.54. The molecule has 5 heterocycles. The molecule has 0 unspecified atom stereocenters. The number of aromatic nitrogens is 3. The van der Waals surface area contributed by atoms with Crippen LogP contribution in [0.15, 0.2) is 58.4 Å². The van der Waals surface area contributed by atoms with Gasteiger partial charge in [0.15, 0.2) is 0 Å². The highest BCUT2D eigenvalue weighted by atomic mass is 16.3. The Bertz CT molecular complexity index is 1410. The first-order valence-electron chi connectivity index (χ1n) is 11.0. The second-order valence-corrected chi connectivity index (χ2v) is 8.75. The van der Waals surface area contributed by atoms with Gasteiger partial charge in [-0.25, -0.2) is 4.98 Å². The third-order valence-electron chi connectivity index (χ3n) is 6.47. The predicted octanol–water partition coefficient (Wildman–Crippen LogP) is 0.446. The average molecular weight is 479 g/mol. The first-order chi connectivity index (χ1) is 16.8. The van der Waals surface area contributed by atoms with Gasteiger partial charge >= 0.3 is 0 Å². The molecule has 11 heteroatoms. The van der Waals surface area contributed by atoms with Crippen molar-refractivity contribution in [3.05, 3.63) is 80.8 Å². The van der Waals surface area contributed by atoms with Crippen molar-refractivity contribution < 1.29 is 19.5 Å². The molecular weight excluding hydrogens is 454 g/mol. The SMILES string of the molecule is CN(C)C(=O)[C@H]1[C@H]2C[C@H](CN(C(=O)c3cnc4ccccn4c3=O)C2)c2cccc(=O)n21.O=CO. The van der Waals surface area contributed by atoms with Crippen molar-refractivity contribution in [1.82, 2.24) is 23.8 Å². The molecule has 2 amide bonds. The summed E-state index contributed by atoms with van der Waals surface area (Å²) in [7, 11) is 3.32. The first-order valence-corrected chi connectivity index (χ1v) is 11.0. The second kappa shape index (κ2) is 9.53. The van der Waals surface area contributed by atoms with Gasteiger partial charge in [0.1, 0.15) is 17.3 Å². The molecule has 0 aliphatic carbocycles. The Labute approximate surface area is 199 Å². The molecule has 0 saturated carbocycles. The van der Waals surface area contributed by atoms with Crippen molar-refractivity contribution in [2.45, 2.75) is 18.4 Å². The van der Waals surface area contributed by atoms with E-state index in [2.05, 4.69) is 4.98 Å². The van der Waals surface area contributed by atoms with Crippen LogP contribution in [0.3, 0.4) is 0 Å². The molecule has 5 rings (SSSR count). The first kappa shape index (κ1) is 23.9. The molecule has 1 fully saturated rings. The van der Waals surface area contributed by atoms with Crippen LogP contribution >= 0.6 is 0 Å². The third-order valence-corrected chi connectivity index (χ3v) is 6.47. The number of likely N-dealkylation sites (tertiary alicyclic amines) is 1. The highest BCUT2D eigenvalue weighted by molar-refractivity contribution is 5.94. The molecule has 0 radical (unpaired) electrons. The number of carbonyl (C=O) groups excluding carboxylic acids is 2. The normalized spacial score (nSPS) is 20.3. The Kier molecular flexibility index (Phi) is 6.50. The summed E-state index contributed by atoms with van der Waals surface area (Å²) in [5.74, 6) is -0.895. The summed E-state index contributed by atoms with van der Waals surface area (Å²) in [6.45, 7) is 0.413. The molecule has 3 atom stereocenters. The number of hydrogen-bond acceptors (Lipinski definition) is 6. The number of hydrogen-bond donors (Lipinski definition) is 1. The fourth-order valence-corrected chi connectivity index (χ4v) is 5.03. The highest BCUT2D eigenvalue weighted by Gasteiger charge is 2.45. The maximum Gasteiger partial charge on any atom is 0.290 e. The van der Waals surface area contributed by atoms with E-state index in [0.29, 0.717) is 18.6 Å². The van der Waals surface area contributed by atoms with Gasteiger partial charge in [0.25, 0.3) is 23.5 Å². The lowest BCUT2D eigenvalue weighted by Gasteiger charge is -2.46. The minimum atomic E-state index is -0.684. The molecule has 35 heavy (non-hydrogen) atoms. The Morgan fingerprint density at radius 3 is 2.57 bits per heavy atom. The van der Waals surface area contributed by atoms with Crippen LogP contribution in [0.1, 0.15) is 34.4 Å². The number of likely N-dealkylation sites (N-methyl/N-ethyl adjacent to an activating group) is 1. The number of carboxylic acid groups (broad SMARTS) is 1. The van der Waals surface area contributed by atoms with Gasteiger partial charge in [-0.3, -0.25) is 32.9 Å². The van der Waals surface area contributed by atoms with Gasteiger partial charge < -0.3 is 14.9 Å². The summed E-state index contributed by atoms with van der Waals surface area (Å²) in [6.07, 6.45) is 3.61. The fraction of sp³-hybridized carbons (Fsp3) is 0.333. The lowest BCUT2D eigenvalue weighted by molar-refractivity contribution is -0.135. The molecule has 0 aromatic carbocycles. The smallest absolute Gasteiger partial charge is 0.290 e. The average Bonchev–Trinajstić information content (AvgIpc) is 2.85. The molecule has 11 nitrogen and oxygen atoms in total. The number of amides is 2. The maximum atomic E-state index is 13.4. The summed E-state index contributed by atoms with van der Waals surface area (Å²) in [4.78, 5) is 67.8. The lowest BCUT2D eigenvalue weighted by atomic mass is 9.78. The highest BCUT2D eigenvalue weighted by Crippen LogP contribution is 2.41. The number of nitrogens with zero attached hydrogens (tertiary/aromatic N) is 5. The Hall–Kier alpha value is -4.28. The Morgan fingerprint density at radius 2 is 1.86 bits per heavy atom. The number of fused-ring (bicyclic) bond motifs is 5. The van der Waals surface area contributed by atoms with E-state index in [1.165, 1.54) is 21.6 Å².